The van der Waals surface area contributed by atoms with Gasteiger partial charge < -0.3 is 9.84 Å². The van der Waals surface area contributed by atoms with E-state index < -0.39 is 17.7 Å². The first-order chi connectivity index (χ1) is 14.6. The zero-order valence-corrected chi connectivity index (χ0v) is 16.5. The summed E-state index contributed by atoms with van der Waals surface area (Å²) in [4.78, 5) is 20.3. The van der Waals surface area contributed by atoms with Crippen molar-refractivity contribution in [1.82, 2.24) is 9.97 Å². The van der Waals surface area contributed by atoms with Crippen LogP contribution in [0.1, 0.15) is 17.6 Å². The average molecular weight is 418 g/mol. The maximum absolute atomic E-state index is 13.4. The van der Waals surface area contributed by atoms with Gasteiger partial charge in [0.15, 0.2) is 6.61 Å². The third-order valence-corrected chi connectivity index (χ3v) is 5.34. The first kappa shape index (κ1) is 18.5. The number of halogens is 1. The van der Waals surface area contributed by atoms with Crippen molar-refractivity contribution in [3.8, 4) is 28.1 Å². The molecule has 4 aromatic rings. The standard InChI is InChI=1S/C23H16ClN3O3/c24-18-10-9-17(12-25-18)23-27-19(13-30-23)26-21(28)20(22(27)29)16-8-4-7-15(11-16)14-5-2-1-3-6-14/h1-12,23H,13H2,(H,28,29). The van der Waals surface area contributed by atoms with Gasteiger partial charge in [-0.3, -0.25) is 4.98 Å². The van der Waals surface area contributed by atoms with Crippen molar-refractivity contribution in [2.75, 3.05) is 0 Å². The van der Waals surface area contributed by atoms with Gasteiger partial charge in [-0.25, -0.2) is 9.78 Å². The largest absolute Gasteiger partial charge is 0.842 e. The third kappa shape index (κ3) is 3.16. The average Bonchev–Trinajstić information content (AvgIpc) is 3.19. The van der Waals surface area contributed by atoms with Crippen LogP contribution in [0.4, 0.5) is 0 Å². The molecule has 0 fully saturated rings. The van der Waals surface area contributed by atoms with Crippen LogP contribution in [0.3, 0.4) is 0 Å². The van der Waals surface area contributed by atoms with Crippen LogP contribution >= 0.6 is 11.6 Å². The molecule has 1 unspecified atom stereocenters. The number of nitrogens with one attached hydrogen (secondary N) is 1. The van der Waals surface area contributed by atoms with E-state index in [1.165, 1.54) is 4.57 Å². The molecule has 0 saturated carbocycles. The zero-order valence-electron chi connectivity index (χ0n) is 15.7. The Hall–Kier alpha value is -3.48. The maximum Gasteiger partial charge on any atom is 0.347 e. The van der Waals surface area contributed by atoms with Gasteiger partial charge >= 0.3 is 5.56 Å². The number of rotatable bonds is 3. The van der Waals surface area contributed by atoms with E-state index in [0.29, 0.717) is 22.1 Å². The molecule has 1 aliphatic rings. The van der Waals surface area contributed by atoms with Gasteiger partial charge in [-0.05, 0) is 34.9 Å². The molecule has 30 heavy (non-hydrogen) atoms. The minimum Gasteiger partial charge on any atom is -0.842 e. The highest BCUT2D eigenvalue weighted by Crippen LogP contribution is 2.29. The van der Waals surface area contributed by atoms with Gasteiger partial charge in [0, 0.05) is 11.8 Å². The van der Waals surface area contributed by atoms with Crippen molar-refractivity contribution in [3.63, 3.8) is 0 Å². The molecule has 5 rings (SSSR count). The summed E-state index contributed by atoms with van der Waals surface area (Å²) >= 11 is 5.87. The first-order valence-electron chi connectivity index (χ1n) is 9.38. The molecule has 0 spiro atoms. The Morgan fingerprint density at radius 3 is 2.57 bits per heavy atom. The lowest BCUT2D eigenvalue weighted by atomic mass is 10.00. The number of pyridine rings is 1. The quantitative estimate of drug-likeness (QED) is 0.410. The Morgan fingerprint density at radius 1 is 1.03 bits per heavy atom. The zero-order chi connectivity index (χ0) is 20.7. The Kier molecular flexibility index (Phi) is 4.58. The number of benzene rings is 2. The molecule has 2 aromatic carbocycles. The number of ether oxygens (including phenoxy) is 1. The van der Waals surface area contributed by atoms with Gasteiger partial charge in [0.05, 0.1) is 5.88 Å². The van der Waals surface area contributed by atoms with E-state index in [9.17, 15) is 9.90 Å². The molecule has 1 atom stereocenters. The van der Waals surface area contributed by atoms with Crippen LogP contribution in [-0.4, -0.2) is 9.97 Å². The minimum absolute atomic E-state index is 0.0777. The lowest BCUT2D eigenvalue weighted by Crippen LogP contribution is -2.54. The van der Waals surface area contributed by atoms with Crippen LogP contribution in [0, 0.1) is 0 Å². The summed E-state index contributed by atoms with van der Waals surface area (Å²) in [7, 11) is 0. The van der Waals surface area contributed by atoms with Crippen LogP contribution in [0.25, 0.3) is 22.3 Å². The molecule has 1 N–H and O–H groups in total. The van der Waals surface area contributed by atoms with Crippen molar-refractivity contribution >= 4 is 11.6 Å². The molecule has 0 bridgehead atoms. The fourth-order valence-electron chi connectivity index (χ4n) is 3.70. The van der Waals surface area contributed by atoms with E-state index in [2.05, 4.69) is 9.97 Å². The number of hydrogen-bond acceptors (Lipinski definition) is 4. The summed E-state index contributed by atoms with van der Waals surface area (Å²) in [5, 5.41) is 13.1. The predicted octanol–water partition coefficient (Wildman–Crippen LogP) is 3.20. The van der Waals surface area contributed by atoms with Crippen molar-refractivity contribution in [2.45, 2.75) is 12.8 Å². The highest BCUT2D eigenvalue weighted by molar-refractivity contribution is 6.29. The molecule has 3 heterocycles. The van der Waals surface area contributed by atoms with E-state index in [1.54, 1.807) is 24.4 Å². The summed E-state index contributed by atoms with van der Waals surface area (Å²) in [5.41, 5.74) is 2.83. The minimum atomic E-state index is -0.676. The van der Waals surface area contributed by atoms with Gasteiger partial charge in [-0.2, -0.15) is 4.57 Å². The number of H-pyrrole nitrogens is 1. The first-order valence-corrected chi connectivity index (χ1v) is 9.76. The van der Waals surface area contributed by atoms with Crippen molar-refractivity contribution in [1.29, 1.82) is 0 Å². The van der Waals surface area contributed by atoms with E-state index in [4.69, 9.17) is 16.3 Å². The molecule has 7 heteroatoms. The number of nitrogens with zero attached hydrogens (tertiary/aromatic N) is 2. The smallest absolute Gasteiger partial charge is 0.347 e. The van der Waals surface area contributed by atoms with Gasteiger partial charge in [0.2, 0.25) is 6.23 Å². The van der Waals surface area contributed by atoms with E-state index in [0.717, 1.165) is 11.1 Å². The molecule has 148 valence electrons. The number of fused-ring (bicyclic) bond motifs is 1. The Balaban J connectivity index is 1.64. The highest BCUT2D eigenvalue weighted by atomic mass is 35.5. The van der Waals surface area contributed by atoms with Crippen molar-refractivity contribution in [2.24, 2.45) is 0 Å². The molecule has 0 amide bonds. The SMILES string of the molecule is O=c1c(-c2cccc(-c3ccccc3)c2)c([O-])[nH]c2[n+]1C(c1ccc(Cl)nc1)OC2. The van der Waals surface area contributed by atoms with Crippen LogP contribution in [0.15, 0.2) is 77.7 Å². The summed E-state index contributed by atoms with van der Waals surface area (Å²) in [6.45, 7) is 0.127. The summed E-state index contributed by atoms with van der Waals surface area (Å²) < 4.78 is 7.25. The second-order valence-corrected chi connectivity index (χ2v) is 7.36. The van der Waals surface area contributed by atoms with Gasteiger partial charge in [0.25, 0.3) is 5.82 Å². The maximum atomic E-state index is 13.4. The van der Waals surface area contributed by atoms with E-state index in [-0.39, 0.29) is 12.2 Å². The lowest BCUT2D eigenvalue weighted by Gasteiger charge is -2.13. The second kappa shape index (κ2) is 7.40. The molecule has 2 aromatic heterocycles. The number of hydrogen-bond donors (Lipinski definition) is 1. The summed E-state index contributed by atoms with van der Waals surface area (Å²) in [5.74, 6) is -0.0112. The highest BCUT2D eigenvalue weighted by Gasteiger charge is 2.35. The molecule has 0 aliphatic carbocycles. The van der Waals surface area contributed by atoms with Gasteiger partial charge in [-0.15, -0.1) is 0 Å². The van der Waals surface area contributed by atoms with Crippen LogP contribution in [0.2, 0.25) is 5.15 Å². The number of aromatic nitrogens is 3. The lowest BCUT2D eigenvalue weighted by molar-refractivity contribution is -0.747. The Bertz CT molecular complexity index is 1290. The van der Waals surface area contributed by atoms with Gasteiger partial charge in [0.1, 0.15) is 10.7 Å². The normalized spacial score (nSPS) is 15.2. The Morgan fingerprint density at radius 2 is 1.80 bits per heavy atom. The van der Waals surface area contributed by atoms with Crippen molar-refractivity contribution in [3.05, 3.63) is 99.8 Å². The third-order valence-electron chi connectivity index (χ3n) is 5.11. The molecule has 6 nitrogen and oxygen atoms in total. The fraction of sp³-hybridized carbons (Fsp3) is 0.0870. The predicted molar refractivity (Wildman–Crippen MR) is 110 cm³/mol. The summed E-state index contributed by atoms with van der Waals surface area (Å²) in [6, 6.07) is 20.6. The van der Waals surface area contributed by atoms with Crippen molar-refractivity contribution < 1.29 is 14.4 Å². The van der Waals surface area contributed by atoms with Crippen LogP contribution in [0.5, 0.6) is 5.88 Å². The molecule has 0 saturated heterocycles. The molecular weight excluding hydrogens is 402 g/mol. The Labute approximate surface area is 177 Å². The topological polar surface area (TPSA) is 81.9 Å². The van der Waals surface area contributed by atoms with Gasteiger partial charge in [-0.1, -0.05) is 60.1 Å². The summed E-state index contributed by atoms with van der Waals surface area (Å²) in [6.07, 6.45) is 0.889. The second-order valence-electron chi connectivity index (χ2n) is 6.98. The monoisotopic (exact) mass is 417 g/mol. The van der Waals surface area contributed by atoms with Crippen LogP contribution < -0.4 is 15.2 Å². The number of aromatic amines is 1. The molecule has 1 aliphatic heterocycles. The van der Waals surface area contributed by atoms with E-state index in [1.807, 2.05) is 48.5 Å². The fourth-order valence-corrected chi connectivity index (χ4v) is 3.81. The molecular formula is C23H16ClN3O3. The van der Waals surface area contributed by atoms with Crippen LogP contribution in [-0.2, 0) is 11.3 Å². The van der Waals surface area contributed by atoms with E-state index >= 15 is 0 Å². The molecule has 0 radical (unpaired) electrons.